The lowest BCUT2D eigenvalue weighted by Gasteiger charge is -2.07. The van der Waals surface area contributed by atoms with E-state index < -0.39 is 0 Å². The number of nitrogens with one attached hydrogen (secondary N) is 1. The molecule has 0 spiro atoms. The van der Waals surface area contributed by atoms with Gasteiger partial charge in [-0.2, -0.15) is 0 Å². The Bertz CT molecular complexity index is 319. The van der Waals surface area contributed by atoms with E-state index in [9.17, 15) is 0 Å². The first kappa shape index (κ1) is 12.6. The third kappa shape index (κ3) is 4.89. The first-order chi connectivity index (χ1) is 7.72. The number of nitrogens with zero attached hydrogens (tertiary/aromatic N) is 2. The first-order valence-corrected chi connectivity index (χ1v) is 5.47. The Hall–Kier alpha value is -1.42. The summed E-state index contributed by atoms with van der Waals surface area (Å²) in [5, 5.41) is 3.20. The molecule has 0 atom stereocenters. The summed E-state index contributed by atoms with van der Waals surface area (Å²) >= 11 is 0. The number of hydrogen-bond donors (Lipinski definition) is 1. The molecule has 0 saturated heterocycles. The van der Waals surface area contributed by atoms with Gasteiger partial charge >= 0.3 is 0 Å². The van der Waals surface area contributed by atoms with Crippen LogP contribution in [0.1, 0.15) is 17.9 Å². The maximum atomic E-state index is 5.38. The molecule has 4 heteroatoms. The number of aromatic nitrogens is 2. The van der Waals surface area contributed by atoms with Crippen LogP contribution in [0.15, 0.2) is 18.7 Å². The van der Waals surface area contributed by atoms with Gasteiger partial charge in [-0.25, -0.2) is 9.97 Å². The van der Waals surface area contributed by atoms with Crippen molar-refractivity contribution >= 4 is 5.82 Å². The van der Waals surface area contributed by atoms with Gasteiger partial charge in [-0.1, -0.05) is 6.08 Å². The molecule has 16 heavy (non-hydrogen) atoms. The van der Waals surface area contributed by atoms with E-state index in [1.807, 2.05) is 26.0 Å². The Morgan fingerprint density at radius 1 is 1.38 bits per heavy atom. The maximum Gasteiger partial charge on any atom is 0.129 e. The van der Waals surface area contributed by atoms with Gasteiger partial charge < -0.3 is 10.1 Å². The van der Waals surface area contributed by atoms with Crippen molar-refractivity contribution in [1.82, 2.24) is 9.97 Å². The fourth-order valence-electron chi connectivity index (χ4n) is 1.33. The third-order valence-corrected chi connectivity index (χ3v) is 1.98. The van der Waals surface area contributed by atoms with Crippen molar-refractivity contribution in [3.63, 3.8) is 0 Å². The van der Waals surface area contributed by atoms with Gasteiger partial charge in [0.05, 0.1) is 13.2 Å². The van der Waals surface area contributed by atoms with Gasteiger partial charge in [0.25, 0.3) is 0 Å². The zero-order valence-corrected chi connectivity index (χ0v) is 9.99. The van der Waals surface area contributed by atoms with Crippen molar-refractivity contribution in [2.75, 3.05) is 25.1 Å². The monoisotopic (exact) mass is 221 g/mol. The van der Waals surface area contributed by atoms with Crippen molar-refractivity contribution < 1.29 is 4.74 Å². The molecule has 0 aliphatic heterocycles. The third-order valence-electron chi connectivity index (χ3n) is 1.98. The Balaban J connectivity index is 2.23. The van der Waals surface area contributed by atoms with Crippen LogP contribution in [0.5, 0.6) is 0 Å². The molecule has 0 bridgehead atoms. The highest BCUT2D eigenvalue weighted by molar-refractivity contribution is 5.35. The zero-order valence-electron chi connectivity index (χ0n) is 9.99. The molecular weight excluding hydrogens is 202 g/mol. The van der Waals surface area contributed by atoms with Crippen LogP contribution in [0.25, 0.3) is 0 Å². The minimum Gasteiger partial charge on any atom is -0.379 e. The van der Waals surface area contributed by atoms with Crippen molar-refractivity contribution in [2.24, 2.45) is 0 Å². The quantitative estimate of drug-likeness (QED) is 0.566. The van der Waals surface area contributed by atoms with Gasteiger partial charge in [0.1, 0.15) is 11.6 Å². The van der Waals surface area contributed by atoms with Gasteiger partial charge in [-0.05, 0) is 20.3 Å². The highest BCUT2D eigenvalue weighted by atomic mass is 16.5. The van der Waals surface area contributed by atoms with Crippen LogP contribution in [0.2, 0.25) is 0 Å². The van der Waals surface area contributed by atoms with Crippen LogP contribution < -0.4 is 5.32 Å². The molecular formula is C12H19N3O. The lowest BCUT2D eigenvalue weighted by atomic mass is 10.4. The lowest BCUT2D eigenvalue weighted by Crippen LogP contribution is -2.11. The molecule has 1 heterocycles. The summed E-state index contributed by atoms with van der Waals surface area (Å²) in [5.41, 5.74) is 0.975. The molecule has 0 unspecified atom stereocenters. The molecule has 0 aliphatic rings. The fourth-order valence-corrected chi connectivity index (χ4v) is 1.33. The zero-order chi connectivity index (χ0) is 11.8. The molecule has 0 radical (unpaired) electrons. The second-order valence-corrected chi connectivity index (χ2v) is 3.56. The Morgan fingerprint density at radius 2 is 2.19 bits per heavy atom. The Kier molecular flexibility index (Phi) is 5.50. The summed E-state index contributed by atoms with van der Waals surface area (Å²) in [6.07, 6.45) is 2.75. The van der Waals surface area contributed by atoms with Crippen LogP contribution in [0.4, 0.5) is 5.82 Å². The molecule has 0 amide bonds. The van der Waals surface area contributed by atoms with Crippen LogP contribution in [-0.2, 0) is 4.74 Å². The van der Waals surface area contributed by atoms with Crippen LogP contribution in [0.3, 0.4) is 0 Å². The molecule has 1 rings (SSSR count). The summed E-state index contributed by atoms with van der Waals surface area (Å²) in [7, 11) is 0. The predicted octanol–water partition coefficient (Wildman–Crippen LogP) is 2.10. The van der Waals surface area contributed by atoms with Gasteiger partial charge in [0.15, 0.2) is 0 Å². The van der Waals surface area contributed by atoms with Crippen LogP contribution in [-0.4, -0.2) is 29.7 Å². The molecule has 88 valence electrons. The van der Waals surface area contributed by atoms with Crippen molar-refractivity contribution in [3.05, 3.63) is 30.2 Å². The predicted molar refractivity (Wildman–Crippen MR) is 65.6 cm³/mol. The second-order valence-electron chi connectivity index (χ2n) is 3.56. The molecule has 0 saturated carbocycles. The van der Waals surface area contributed by atoms with Gasteiger partial charge in [0, 0.05) is 18.3 Å². The standard InChI is InChI=1S/C12H19N3O/c1-4-5-7-16-8-6-13-12-9-10(2)14-11(3)15-12/h4,9H,1,5-8H2,2-3H3,(H,13,14,15). The molecule has 1 N–H and O–H groups in total. The Labute approximate surface area is 96.8 Å². The van der Waals surface area contributed by atoms with Crippen molar-refractivity contribution in [3.8, 4) is 0 Å². The number of rotatable bonds is 7. The van der Waals surface area contributed by atoms with Crippen molar-refractivity contribution in [2.45, 2.75) is 20.3 Å². The average Bonchev–Trinajstić information content (AvgIpc) is 2.22. The van der Waals surface area contributed by atoms with Gasteiger partial charge in [-0.15, -0.1) is 6.58 Å². The van der Waals surface area contributed by atoms with E-state index in [1.165, 1.54) is 0 Å². The topological polar surface area (TPSA) is 47.0 Å². The number of anilines is 1. The smallest absolute Gasteiger partial charge is 0.129 e. The molecule has 0 aromatic carbocycles. The van der Waals surface area contributed by atoms with Gasteiger partial charge in [-0.3, -0.25) is 0 Å². The summed E-state index contributed by atoms with van der Waals surface area (Å²) in [6.45, 7) is 9.64. The van der Waals surface area contributed by atoms with E-state index in [0.717, 1.165) is 36.9 Å². The average molecular weight is 221 g/mol. The van der Waals surface area contributed by atoms with E-state index in [0.29, 0.717) is 6.61 Å². The minimum absolute atomic E-state index is 0.677. The molecule has 1 aromatic heterocycles. The van der Waals surface area contributed by atoms with Crippen molar-refractivity contribution in [1.29, 1.82) is 0 Å². The fraction of sp³-hybridized carbons (Fsp3) is 0.500. The molecule has 0 fully saturated rings. The van der Waals surface area contributed by atoms with E-state index in [2.05, 4.69) is 21.9 Å². The largest absolute Gasteiger partial charge is 0.379 e. The van der Waals surface area contributed by atoms with Crippen LogP contribution in [0, 0.1) is 13.8 Å². The van der Waals surface area contributed by atoms with E-state index in [4.69, 9.17) is 4.74 Å². The lowest BCUT2D eigenvalue weighted by molar-refractivity contribution is 0.149. The van der Waals surface area contributed by atoms with Gasteiger partial charge in [0.2, 0.25) is 0 Å². The SMILES string of the molecule is C=CCCOCCNc1cc(C)nc(C)n1. The summed E-state index contributed by atoms with van der Waals surface area (Å²) in [5.74, 6) is 1.65. The molecule has 1 aromatic rings. The summed E-state index contributed by atoms with van der Waals surface area (Å²) in [6, 6.07) is 1.93. The number of ether oxygens (including phenoxy) is 1. The van der Waals surface area contributed by atoms with E-state index in [1.54, 1.807) is 0 Å². The van der Waals surface area contributed by atoms with E-state index in [-0.39, 0.29) is 0 Å². The highest BCUT2D eigenvalue weighted by Crippen LogP contribution is 2.04. The maximum absolute atomic E-state index is 5.38. The minimum atomic E-state index is 0.677. The Morgan fingerprint density at radius 3 is 2.88 bits per heavy atom. The normalized spacial score (nSPS) is 10.1. The summed E-state index contributed by atoms with van der Waals surface area (Å²) in [4.78, 5) is 8.48. The molecule has 4 nitrogen and oxygen atoms in total. The highest BCUT2D eigenvalue weighted by Gasteiger charge is 1.97. The van der Waals surface area contributed by atoms with Crippen LogP contribution >= 0.6 is 0 Å². The van der Waals surface area contributed by atoms with E-state index >= 15 is 0 Å². The first-order valence-electron chi connectivity index (χ1n) is 5.47. The number of hydrogen-bond acceptors (Lipinski definition) is 4. The second kappa shape index (κ2) is 6.95. The number of aryl methyl sites for hydroxylation is 2. The summed E-state index contributed by atoms with van der Waals surface area (Å²) < 4.78 is 5.38. The molecule has 0 aliphatic carbocycles.